The molecular weight excluding hydrogens is 377 g/mol. The summed E-state index contributed by atoms with van der Waals surface area (Å²) in [7, 11) is 0. The maximum atomic E-state index is 12.8. The van der Waals surface area contributed by atoms with Crippen LogP contribution in [0.15, 0.2) is 18.2 Å². The van der Waals surface area contributed by atoms with E-state index in [0.29, 0.717) is 32.1 Å². The molecule has 2 amide bonds. The van der Waals surface area contributed by atoms with Crippen LogP contribution in [0.25, 0.3) is 0 Å². The molecule has 2 saturated heterocycles. The van der Waals surface area contributed by atoms with Crippen LogP contribution in [0.1, 0.15) is 18.4 Å². The molecule has 0 aromatic heterocycles. The second kappa shape index (κ2) is 7.05. The van der Waals surface area contributed by atoms with Gasteiger partial charge in [-0.3, -0.25) is 9.59 Å². The van der Waals surface area contributed by atoms with Crippen LogP contribution in [0, 0.1) is 0 Å². The number of carbonyl (C=O) groups excluding carboxylic acids is 2. The van der Waals surface area contributed by atoms with E-state index < -0.39 is 29.3 Å². The summed E-state index contributed by atoms with van der Waals surface area (Å²) in [6, 6.07) is 2.51. The lowest BCUT2D eigenvalue weighted by Crippen LogP contribution is -2.50. The third kappa shape index (κ3) is 3.94. The summed E-state index contributed by atoms with van der Waals surface area (Å²) in [5, 5.41) is 2.06. The van der Waals surface area contributed by atoms with Crippen molar-refractivity contribution in [3.8, 4) is 0 Å². The molecule has 0 bridgehead atoms. The number of halogens is 4. The number of nitrogens with one attached hydrogen (secondary N) is 1. The normalized spacial score (nSPS) is 19.6. The fourth-order valence-corrected chi connectivity index (χ4v) is 3.12. The molecule has 0 unspecified atom stereocenters. The van der Waals surface area contributed by atoms with Crippen molar-refractivity contribution >= 4 is 29.1 Å². The number of nitrogens with zero attached hydrogens (tertiary/aromatic N) is 1. The zero-order valence-electron chi connectivity index (χ0n) is 13.6. The monoisotopic (exact) mass is 392 g/mol. The minimum absolute atomic E-state index is 0.0931. The lowest BCUT2D eigenvalue weighted by atomic mass is 10.0. The predicted octanol–water partition coefficient (Wildman–Crippen LogP) is 2.66. The van der Waals surface area contributed by atoms with Crippen molar-refractivity contribution in [2.45, 2.75) is 24.8 Å². The maximum absolute atomic E-state index is 12.8. The first-order valence-electron chi connectivity index (χ1n) is 7.95. The third-order valence-electron chi connectivity index (χ3n) is 4.36. The average Bonchev–Trinajstić information content (AvgIpc) is 3.04. The van der Waals surface area contributed by atoms with Crippen LogP contribution in [-0.4, -0.2) is 48.8 Å². The molecule has 2 fully saturated rings. The first kappa shape index (κ1) is 18.9. The Morgan fingerprint density at radius 1 is 1.15 bits per heavy atom. The van der Waals surface area contributed by atoms with Gasteiger partial charge in [0.25, 0.3) is 0 Å². The number of anilines is 1. The number of rotatable bonds is 1. The number of likely N-dealkylation sites (tertiary alicyclic amines) is 1. The summed E-state index contributed by atoms with van der Waals surface area (Å²) in [5.74, 6) is -2.58. The van der Waals surface area contributed by atoms with Gasteiger partial charge in [-0.25, -0.2) is 0 Å². The Morgan fingerprint density at radius 2 is 1.77 bits per heavy atom. The number of hydrogen-bond acceptors (Lipinski definition) is 4. The van der Waals surface area contributed by atoms with E-state index >= 15 is 0 Å². The SMILES string of the molecule is O=C(Nc1cc(C(F)(F)F)ccc1Cl)C(=O)N1CCC2(CC1)OCCO2. The van der Waals surface area contributed by atoms with Gasteiger partial charge in [0.05, 0.1) is 29.5 Å². The Balaban J connectivity index is 1.64. The summed E-state index contributed by atoms with van der Waals surface area (Å²) in [5.41, 5.74) is -1.24. The van der Waals surface area contributed by atoms with Crippen LogP contribution < -0.4 is 5.32 Å². The van der Waals surface area contributed by atoms with E-state index in [1.165, 1.54) is 4.90 Å². The van der Waals surface area contributed by atoms with Crippen LogP contribution >= 0.6 is 11.6 Å². The van der Waals surface area contributed by atoms with E-state index in [1.807, 2.05) is 0 Å². The molecule has 3 rings (SSSR count). The number of hydrogen-bond donors (Lipinski definition) is 1. The van der Waals surface area contributed by atoms with Crippen LogP contribution in [0.4, 0.5) is 18.9 Å². The molecule has 0 atom stereocenters. The number of benzene rings is 1. The molecule has 1 N–H and O–H groups in total. The van der Waals surface area contributed by atoms with Gasteiger partial charge in [0.2, 0.25) is 0 Å². The van der Waals surface area contributed by atoms with Gasteiger partial charge in [-0.05, 0) is 18.2 Å². The van der Waals surface area contributed by atoms with Gasteiger partial charge in [0.15, 0.2) is 5.79 Å². The van der Waals surface area contributed by atoms with E-state index in [1.54, 1.807) is 0 Å². The van der Waals surface area contributed by atoms with Crippen molar-refractivity contribution in [2.75, 3.05) is 31.6 Å². The zero-order chi connectivity index (χ0) is 18.9. The van der Waals surface area contributed by atoms with Crippen molar-refractivity contribution in [1.82, 2.24) is 4.90 Å². The summed E-state index contributed by atoms with van der Waals surface area (Å²) in [6.45, 7) is 1.48. The summed E-state index contributed by atoms with van der Waals surface area (Å²) in [6.07, 6.45) is -3.73. The number of piperidine rings is 1. The van der Waals surface area contributed by atoms with Gasteiger partial charge in [0.1, 0.15) is 0 Å². The molecule has 26 heavy (non-hydrogen) atoms. The summed E-state index contributed by atoms with van der Waals surface area (Å²) < 4.78 is 49.4. The van der Waals surface area contributed by atoms with Gasteiger partial charge < -0.3 is 19.7 Å². The summed E-state index contributed by atoms with van der Waals surface area (Å²) >= 11 is 5.82. The standard InChI is InChI=1S/C16H16ClF3N2O4/c17-11-2-1-10(16(18,19)20)9-12(11)21-13(23)14(24)22-5-3-15(4-6-22)25-7-8-26-15/h1-2,9H,3-8H2,(H,21,23). The van der Waals surface area contributed by atoms with Gasteiger partial charge in [0, 0.05) is 25.9 Å². The molecule has 1 aromatic carbocycles. The van der Waals surface area contributed by atoms with E-state index in [0.717, 1.165) is 12.1 Å². The molecule has 2 aliphatic heterocycles. The highest BCUT2D eigenvalue weighted by Crippen LogP contribution is 2.34. The second-order valence-corrected chi connectivity index (χ2v) is 6.45. The Bertz CT molecular complexity index is 710. The highest BCUT2D eigenvalue weighted by molar-refractivity contribution is 6.41. The van der Waals surface area contributed by atoms with Crippen molar-refractivity contribution in [2.24, 2.45) is 0 Å². The fraction of sp³-hybridized carbons (Fsp3) is 0.500. The molecule has 0 saturated carbocycles. The van der Waals surface area contributed by atoms with Crippen LogP contribution in [0.5, 0.6) is 0 Å². The van der Waals surface area contributed by atoms with Gasteiger partial charge in [-0.1, -0.05) is 11.6 Å². The quantitative estimate of drug-likeness (QED) is 0.746. The lowest BCUT2D eigenvalue weighted by Gasteiger charge is -2.37. The van der Waals surface area contributed by atoms with Crippen molar-refractivity contribution in [3.63, 3.8) is 0 Å². The van der Waals surface area contributed by atoms with Crippen LogP contribution in [0.3, 0.4) is 0 Å². The Hall–Kier alpha value is -1.84. The number of ether oxygens (including phenoxy) is 2. The summed E-state index contributed by atoms with van der Waals surface area (Å²) in [4.78, 5) is 25.7. The minimum Gasteiger partial charge on any atom is -0.347 e. The molecule has 1 spiro atoms. The molecule has 2 heterocycles. The van der Waals surface area contributed by atoms with Crippen LogP contribution in [0.2, 0.25) is 5.02 Å². The third-order valence-corrected chi connectivity index (χ3v) is 4.69. The highest BCUT2D eigenvalue weighted by atomic mass is 35.5. The van der Waals surface area contributed by atoms with E-state index in [2.05, 4.69) is 5.32 Å². The topological polar surface area (TPSA) is 67.9 Å². The zero-order valence-corrected chi connectivity index (χ0v) is 14.3. The predicted molar refractivity (Wildman–Crippen MR) is 85.5 cm³/mol. The Kier molecular flexibility index (Phi) is 5.14. The number of carbonyl (C=O) groups is 2. The van der Waals surface area contributed by atoms with Gasteiger partial charge in [-0.15, -0.1) is 0 Å². The van der Waals surface area contributed by atoms with Gasteiger partial charge in [-0.2, -0.15) is 13.2 Å². The Morgan fingerprint density at radius 3 is 2.35 bits per heavy atom. The van der Waals surface area contributed by atoms with Crippen LogP contribution in [-0.2, 0) is 25.2 Å². The van der Waals surface area contributed by atoms with Gasteiger partial charge >= 0.3 is 18.0 Å². The molecule has 10 heteroatoms. The Labute approximate surface area is 152 Å². The van der Waals surface area contributed by atoms with Crippen molar-refractivity contribution in [1.29, 1.82) is 0 Å². The lowest BCUT2D eigenvalue weighted by molar-refractivity contribution is -0.187. The van der Waals surface area contributed by atoms with Crippen molar-refractivity contribution in [3.05, 3.63) is 28.8 Å². The molecule has 142 valence electrons. The molecule has 1 aromatic rings. The van der Waals surface area contributed by atoms with E-state index in [-0.39, 0.29) is 23.8 Å². The first-order chi connectivity index (χ1) is 12.2. The molecular formula is C16H16ClF3N2O4. The largest absolute Gasteiger partial charge is 0.416 e. The van der Waals surface area contributed by atoms with Crippen molar-refractivity contribution < 1.29 is 32.2 Å². The first-order valence-corrected chi connectivity index (χ1v) is 8.33. The number of alkyl halides is 3. The minimum atomic E-state index is -4.59. The molecule has 0 aliphatic carbocycles. The smallest absolute Gasteiger partial charge is 0.347 e. The maximum Gasteiger partial charge on any atom is 0.416 e. The molecule has 6 nitrogen and oxygen atoms in total. The second-order valence-electron chi connectivity index (χ2n) is 6.05. The molecule has 0 radical (unpaired) electrons. The van der Waals surface area contributed by atoms with E-state index in [4.69, 9.17) is 21.1 Å². The highest BCUT2D eigenvalue weighted by Gasteiger charge is 2.41. The average molecular weight is 393 g/mol. The van der Waals surface area contributed by atoms with E-state index in [9.17, 15) is 22.8 Å². The fourth-order valence-electron chi connectivity index (χ4n) is 2.95. The number of amides is 2. The molecule has 2 aliphatic rings.